The summed E-state index contributed by atoms with van der Waals surface area (Å²) in [5.74, 6) is -4.27. The van der Waals surface area contributed by atoms with Crippen LogP contribution in [0.5, 0.6) is 0 Å². The molecule has 2 aliphatic rings. The first kappa shape index (κ1) is 13.8. The number of carboxylic acid groups (broad SMARTS) is 2. The first-order valence-corrected chi connectivity index (χ1v) is 6.48. The SMILES string of the molecule is O=C(O)C1CCN(C(=O)[C@@H]2CCCN2)CC1C(=O)O. The van der Waals surface area contributed by atoms with E-state index in [1.165, 1.54) is 4.90 Å². The van der Waals surface area contributed by atoms with Crippen molar-refractivity contribution in [2.24, 2.45) is 11.8 Å². The fourth-order valence-corrected chi connectivity index (χ4v) is 2.81. The van der Waals surface area contributed by atoms with E-state index in [9.17, 15) is 14.4 Å². The summed E-state index contributed by atoms with van der Waals surface area (Å²) in [5, 5.41) is 21.2. The second-order valence-electron chi connectivity index (χ2n) is 5.11. The number of carboxylic acids is 2. The number of nitrogens with one attached hydrogen (secondary N) is 1. The van der Waals surface area contributed by atoms with Gasteiger partial charge in [0, 0.05) is 13.1 Å². The van der Waals surface area contributed by atoms with Gasteiger partial charge in [-0.25, -0.2) is 0 Å². The Bertz CT molecular complexity index is 392. The molecule has 2 rings (SSSR count). The quantitative estimate of drug-likeness (QED) is 0.630. The molecule has 1 amide bonds. The number of piperidine rings is 1. The molecule has 3 N–H and O–H groups in total. The van der Waals surface area contributed by atoms with Crippen LogP contribution in [0.15, 0.2) is 0 Å². The second-order valence-corrected chi connectivity index (χ2v) is 5.11. The van der Waals surface area contributed by atoms with E-state index >= 15 is 0 Å². The summed E-state index contributed by atoms with van der Waals surface area (Å²) < 4.78 is 0. The van der Waals surface area contributed by atoms with Crippen LogP contribution in [0.3, 0.4) is 0 Å². The number of hydrogen-bond acceptors (Lipinski definition) is 4. The van der Waals surface area contributed by atoms with Gasteiger partial charge in [-0.2, -0.15) is 0 Å². The number of amides is 1. The molecule has 0 saturated carbocycles. The zero-order valence-corrected chi connectivity index (χ0v) is 10.5. The molecule has 0 aromatic rings. The molecule has 0 bridgehead atoms. The minimum absolute atomic E-state index is 0.0106. The van der Waals surface area contributed by atoms with Crippen LogP contribution < -0.4 is 5.32 Å². The van der Waals surface area contributed by atoms with E-state index in [1.54, 1.807) is 0 Å². The third-order valence-corrected chi connectivity index (χ3v) is 3.92. The van der Waals surface area contributed by atoms with Crippen molar-refractivity contribution in [1.82, 2.24) is 10.2 Å². The van der Waals surface area contributed by atoms with Crippen LogP contribution in [-0.2, 0) is 14.4 Å². The van der Waals surface area contributed by atoms with Gasteiger partial charge in [0.1, 0.15) is 0 Å². The van der Waals surface area contributed by atoms with Crippen molar-refractivity contribution >= 4 is 17.8 Å². The fraction of sp³-hybridized carbons (Fsp3) is 0.750. The first-order valence-electron chi connectivity index (χ1n) is 6.48. The van der Waals surface area contributed by atoms with Gasteiger partial charge in [-0.15, -0.1) is 0 Å². The predicted molar refractivity (Wildman–Crippen MR) is 64.5 cm³/mol. The monoisotopic (exact) mass is 270 g/mol. The van der Waals surface area contributed by atoms with E-state index < -0.39 is 23.8 Å². The van der Waals surface area contributed by atoms with Crippen molar-refractivity contribution in [3.05, 3.63) is 0 Å². The zero-order valence-electron chi connectivity index (χ0n) is 10.5. The van der Waals surface area contributed by atoms with E-state index in [0.29, 0.717) is 6.54 Å². The summed E-state index contributed by atoms with van der Waals surface area (Å²) in [4.78, 5) is 35.8. The van der Waals surface area contributed by atoms with E-state index in [1.807, 2.05) is 0 Å². The molecule has 3 atom stereocenters. The number of carbonyl (C=O) groups is 3. The fourth-order valence-electron chi connectivity index (χ4n) is 2.81. The smallest absolute Gasteiger partial charge is 0.309 e. The average molecular weight is 270 g/mol. The molecule has 19 heavy (non-hydrogen) atoms. The van der Waals surface area contributed by atoms with E-state index in [4.69, 9.17) is 10.2 Å². The van der Waals surface area contributed by atoms with Gasteiger partial charge in [0.25, 0.3) is 0 Å². The highest BCUT2D eigenvalue weighted by Crippen LogP contribution is 2.25. The van der Waals surface area contributed by atoms with Gasteiger partial charge in [0.2, 0.25) is 5.91 Å². The van der Waals surface area contributed by atoms with Gasteiger partial charge in [0.05, 0.1) is 17.9 Å². The van der Waals surface area contributed by atoms with Crippen molar-refractivity contribution in [3.63, 3.8) is 0 Å². The van der Waals surface area contributed by atoms with Crippen LogP contribution in [0.1, 0.15) is 19.3 Å². The lowest BCUT2D eigenvalue weighted by atomic mass is 9.85. The molecule has 2 heterocycles. The molecule has 2 aliphatic heterocycles. The lowest BCUT2D eigenvalue weighted by molar-refractivity contribution is -0.159. The molecule has 2 fully saturated rings. The summed E-state index contributed by atoms with van der Waals surface area (Å²) in [7, 11) is 0. The van der Waals surface area contributed by atoms with E-state index in [2.05, 4.69) is 5.32 Å². The van der Waals surface area contributed by atoms with Crippen molar-refractivity contribution in [3.8, 4) is 0 Å². The van der Waals surface area contributed by atoms with Crippen molar-refractivity contribution in [2.75, 3.05) is 19.6 Å². The van der Waals surface area contributed by atoms with E-state index in [-0.39, 0.29) is 24.9 Å². The second kappa shape index (κ2) is 5.56. The van der Waals surface area contributed by atoms with Gasteiger partial charge >= 0.3 is 11.9 Å². The zero-order chi connectivity index (χ0) is 14.0. The summed E-state index contributed by atoms with van der Waals surface area (Å²) in [6.07, 6.45) is 1.89. The summed E-state index contributed by atoms with van der Waals surface area (Å²) in [5.41, 5.74) is 0. The van der Waals surface area contributed by atoms with Crippen LogP contribution in [-0.4, -0.2) is 58.6 Å². The maximum atomic E-state index is 12.2. The first-order chi connectivity index (χ1) is 9.00. The molecular weight excluding hydrogens is 252 g/mol. The number of nitrogens with zero attached hydrogens (tertiary/aromatic N) is 1. The van der Waals surface area contributed by atoms with Gasteiger partial charge in [-0.3, -0.25) is 14.4 Å². The molecule has 106 valence electrons. The Morgan fingerprint density at radius 2 is 1.74 bits per heavy atom. The minimum atomic E-state index is -1.15. The predicted octanol–water partition coefficient (Wildman–Crippen LogP) is -0.628. The maximum Gasteiger partial charge on any atom is 0.309 e. The molecule has 0 aliphatic carbocycles. The minimum Gasteiger partial charge on any atom is -0.481 e. The van der Waals surface area contributed by atoms with Crippen molar-refractivity contribution in [2.45, 2.75) is 25.3 Å². The summed E-state index contributed by atoms with van der Waals surface area (Å²) >= 11 is 0. The number of aliphatic carboxylic acids is 2. The largest absolute Gasteiger partial charge is 0.481 e. The molecular formula is C12H18N2O5. The Morgan fingerprint density at radius 1 is 1.05 bits per heavy atom. The molecule has 0 radical (unpaired) electrons. The third-order valence-electron chi connectivity index (χ3n) is 3.92. The Morgan fingerprint density at radius 3 is 2.26 bits per heavy atom. The Kier molecular flexibility index (Phi) is 4.04. The van der Waals surface area contributed by atoms with Crippen LogP contribution >= 0.6 is 0 Å². The molecule has 2 unspecified atom stereocenters. The van der Waals surface area contributed by atoms with Crippen LogP contribution in [0, 0.1) is 11.8 Å². The molecule has 0 aromatic carbocycles. The molecule has 2 saturated heterocycles. The Labute approximate surface area is 110 Å². The number of carbonyl (C=O) groups excluding carboxylic acids is 1. The Balaban J connectivity index is 2.03. The van der Waals surface area contributed by atoms with Gasteiger partial charge in [-0.1, -0.05) is 0 Å². The topological polar surface area (TPSA) is 107 Å². The number of rotatable bonds is 3. The van der Waals surface area contributed by atoms with Crippen LogP contribution in [0.25, 0.3) is 0 Å². The van der Waals surface area contributed by atoms with Crippen LogP contribution in [0.2, 0.25) is 0 Å². The lowest BCUT2D eigenvalue weighted by Crippen LogP contribution is -2.52. The molecule has 7 nitrogen and oxygen atoms in total. The maximum absolute atomic E-state index is 12.2. The normalized spacial score (nSPS) is 31.2. The number of likely N-dealkylation sites (tertiary alicyclic amines) is 1. The Hall–Kier alpha value is -1.63. The third kappa shape index (κ3) is 2.86. The van der Waals surface area contributed by atoms with Crippen molar-refractivity contribution in [1.29, 1.82) is 0 Å². The molecule has 0 spiro atoms. The highest BCUT2D eigenvalue weighted by molar-refractivity contribution is 5.85. The summed E-state index contributed by atoms with van der Waals surface area (Å²) in [6, 6.07) is -0.240. The van der Waals surface area contributed by atoms with Crippen molar-refractivity contribution < 1.29 is 24.6 Å². The van der Waals surface area contributed by atoms with Gasteiger partial charge in [-0.05, 0) is 25.8 Å². The molecule has 7 heteroatoms. The highest BCUT2D eigenvalue weighted by Gasteiger charge is 2.41. The number of hydrogen-bond donors (Lipinski definition) is 3. The van der Waals surface area contributed by atoms with E-state index in [0.717, 1.165) is 19.4 Å². The van der Waals surface area contributed by atoms with Gasteiger partial charge < -0.3 is 20.4 Å². The standard InChI is InChI=1S/C12H18N2O5/c15-10(9-2-1-4-13-9)14-5-3-7(11(16)17)8(6-14)12(18)19/h7-9,13H,1-6H2,(H,16,17)(H,18,19)/t7?,8?,9-/m0/s1. The van der Waals surface area contributed by atoms with Gasteiger partial charge in [0.15, 0.2) is 0 Å². The average Bonchev–Trinajstić information content (AvgIpc) is 2.90. The highest BCUT2D eigenvalue weighted by atomic mass is 16.4. The summed E-state index contributed by atoms with van der Waals surface area (Å²) in [6.45, 7) is 1.10. The van der Waals surface area contributed by atoms with Crippen LogP contribution in [0.4, 0.5) is 0 Å². The lowest BCUT2D eigenvalue weighted by Gasteiger charge is -2.35. The molecule has 0 aromatic heterocycles.